The Morgan fingerprint density at radius 3 is 2.38 bits per heavy atom. The van der Waals surface area contributed by atoms with E-state index in [1.165, 1.54) is 0 Å². The fourth-order valence-electron chi connectivity index (χ4n) is 4.11. The van der Waals surface area contributed by atoms with Gasteiger partial charge in [0.15, 0.2) is 6.35 Å². The van der Waals surface area contributed by atoms with Crippen LogP contribution in [-0.2, 0) is 13.6 Å². The van der Waals surface area contributed by atoms with E-state index in [1.807, 2.05) is 30.3 Å². The zero-order valence-electron chi connectivity index (χ0n) is 21.6. The van der Waals surface area contributed by atoms with Crippen LogP contribution in [0.25, 0.3) is 33.3 Å². The van der Waals surface area contributed by atoms with Crippen LogP contribution in [0.15, 0.2) is 66.7 Å². The smallest absolute Gasteiger partial charge is 0.367 e. The Morgan fingerprint density at radius 1 is 0.925 bits per heavy atom. The number of rotatable bonds is 10. The molecule has 2 aromatic heterocycles. The van der Waals surface area contributed by atoms with Gasteiger partial charge in [0.25, 0.3) is 5.91 Å². The molecule has 0 spiro atoms. The number of anilines is 1. The second-order valence-corrected chi connectivity index (χ2v) is 11.5. The van der Waals surface area contributed by atoms with Crippen molar-refractivity contribution in [2.24, 2.45) is 0 Å². The van der Waals surface area contributed by atoms with E-state index in [1.54, 1.807) is 50.2 Å². The number of pyridine rings is 1. The molecule has 0 radical (unpaired) electrons. The first-order chi connectivity index (χ1) is 19.3. The molecule has 2 N–H and O–H groups in total. The van der Waals surface area contributed by atoms with Gasteiger partial charge in [-0.1, -0.05) is 41.4 Å². The second-order valence-electron chi connectivity index (χ2n) is 8.64. The average molecular weight is 599 g/mol. The van der Waals surface area contributed by atoms with E-state index < -0.39 is 7.60 Å². The molecule has 0 aliphatic carbocycles. The van der Waals surface area contributed by atoms with Crippen LogP contribution < -0.4 is 10.1 Å². The standard InChI is InChI=1S/C28H25Cl2N4O5P/c1-3-38-40(36,39-4-2)16-37-19-14-20(29)26(21(30)15-19)27-32-23-11-9-18(13-24(23)33-27)28(35)34-25-12-10-17-7-5-6-8-22(17)31-25/h5-15H,3-4,16H2,1-2H3,(H,32,33)(H,31,34,35). The van der Waals surface area contributed by atoms with Gasteiger partial charge in [-0.3, -0.25) is 9.36 Å². The maximum Gasteiger partial charge on any atom is 0.367 e. The monoisotopic (exact) mass is 598 g/mol. The molecule has 5 rings (SSSR count). The molecule has 1 amide bonds. The van der Waals surface area contributed by atoms with Crippen molar-refractivity contribution in [1.29, 1.82) is 0 Å². The molecule has 206 valence electrons. The lowest BCUT2D eigenvalue weighted by molar-refractivity contribution is 0.102. The Balaban J connectivity index is 1.35. The van der Waals surface area contributed by atoms with Crippen molar-refractivity contribution in [3.63, 3.8) is 0 Å². The van der Waals surface area contributed by atoms with Crippen molar-refractivity contribution in [3.05, 3.63) is 82.3 Å². The summed E-state index contributed by atoms with van der Waals surface area (Å²) in [7, 11) is -3.41. The van der Waals surface area contributed by atoms with Gasteiger partial charge in [0, 0.05) is 10.9 Å². The number of carbonyl (C=O) groups excluding carboxylic acids is 1. The highest BCUT2D eigenvalue weighted by Crippen LogP contribution is 2.48. The lowest BCUT2D eigenvalue weighted by atomic mass is 10.2. The van der Waals surface area contributed by atoms with E-state index in [4.69, 9.17) is 37.0 Å². The normalized spacial score (nSPS) is 11.7. The van der Waals surface area contributed by atoms with Crippen LogP contribution in [0, 0.1) is 0 Å². The number of benzene rings is 3. The van der Waals surface area contributed by atoms with E-state index in [2.05, 4.69) is 20.3 Å². The fourth-order valence-corrected chi connectivity index (χ4v) is 6.08. The number of aromatic nitrogens is 3. The fraction of sp³-hybridized carbons (Fsp3) is 0.179. The Kier molecular flexibility index (Phi) is 8.40. The predicted molar refractivity (Wildman–Crippen MR) is 158 cm³/mol. The number of halogens is 2. The van der Waals surface area contributed by atoms with Gasteiger partial charge in [-0.2, -0.15) is 0 Å². The minimum atomic E-state index is -3.41. The minimum Gasteiger partial charge on any atom is -0.481 e. The number of hydrogen-bond donors (Lipinski definition) is 2. The lowest BCUT2D eigenvalue weighted by Gasteiger charge is -2.18. The number of imidazole rings is 1. The summed E-state index contributed by atoms with van der Waals surface area (Å²) in [5, 5.41) is 4.36. The third kappa shape index (κ3) is 6.14. The molecule has 0 aliphatic heterocycles. The molecule has 0 bridgehead atoms. The SMILES string of the molecule is CCOP(=O)(COc1cc(Cl)c(-c2nc3ccc(C(=O)Nc4ccc5ccccc5n4)cc3[nH]2)c(Cl)c1)OCC. The number of aromatic amines is 1. The minimum absolute atomic E-state index is 0.219. The van der Waals surface area contributed by atoms with Crippen LogP contribution in [0.4, 0.5) is 5.82 Å². The number of nitrogens with one attached hydrogen (secondary N) is 2. The molecule has 0 atom stereocenters. The summed E-state index contributed by atoms with van der Waals surface area (Å²) in [5.41, 5.74) is 2.91. The first-order valence-corrected chi connectivity index (χ1v) is 14.9. The average Bonchev–Trinajstić information content (AvgIpc) is 3.34. The van der Waals surface area contributed by atoms with Gasteiger partial charge in [-0.15, -0.1) is 0 Å². The summed E-state index contributed by atoms with van der Waals surface area (Å²) >= 11 is 13.1. The molecule has 2 heterocycles. The number of ether oxygens (including phenoxy) is 1. The van der Waals surface area contributed by atoms with E-state index >= 15 is 0 Å². The zero-order valence-corrected chi connectivity index (χ0v) is 24.0. The molecule has 0 fully saturated rings. The number of amides is 1. The van der Waals surface area contributed by atoms with Crippen molar-refractivity contribution >= 4 is 64.5 Å². The second kappa shape index (κ2) is 12.0. The Labute approximate surface area is 240 Å². The number of H-pyrrole nitrogens is 1. The summed E-state index contributed by atoms with van der Waals surface area (Å²) in [5.74, 6) is 0.860. The van der Waals surface area contributed by atoms with Gasteiger partial charge in [0.2, 0.25) is 0 Å². The largest absolute Gasteiger partial charge is 0.481 e. The maximum absolute atomic E-state index is 13.0. The lowest BCUT2D eigenvalue weighted by Crippen LogP contribution is -2.12. The van der Waals surface area contributed by atoms with Crippen molar-refractivity contribution < 1.29 is 23.1 Å². The van der Waals surface area contributed by atoms with Crippen LogP contribution in [0.2, 0.25) is 10.0 Å². The maximum atomic E-state index is 13.0. The molecule has 12 heteroatoms. The number of hydrogen-bond acceptors (Lipinski definition) is 7. The number of nitrogens with zero attached hydrogens (tertiary/aromatic N) is 2. The van der Waals surface area contributed by atoms with E-state index in [0.29, 0.717) is 39.6 Å². The summed E-state index contributed by atoms with van der Waals surface area (Å²) in [4.78, 5) is 25.2. The summed E-state index contributed by atoms with van der Waals surface area (Å²) in [6.07, 6.45) is -0.287. The van der Waals surface area contributed by atoms with Gasteiger partial charge in [0.1, 0.15) is 17.4 Å². The summed E-state index contributed by atoms with van der Waals surface area (Å²) < 4.78 is 28.8. The summed E-state index contributed by atoms with van der Waals surface area (Å²) in [6.45, 7) is 3.88. The van der Waals surface area contributed by atoms with Crippen LogP contribution in [0.3, 0.4) is 0 Å². The van der Waals surface area contributed by atoms with Crippen LogP contribution in [0.1, 0.15) is 24.2 Å². The van der Waals surface area contributed by atoms with E-state index in [0.717, 1.165) is 10.9 Å². The Hall–Kier alpha value is -3.46. The molecule has 9 nitrogen and oxygen atoms in total. The molecule has 0 unspecified atom stereocenters. The molecule has 0 aliphatic rings. The van der Waals surface area contributed by atoms with Gasteiger partial charge in [-0.25, -0.2) is 9.97 Å². The molecule has 40 heavy (non-hydrogen) atoms. The molecular formula is C28H25Cl2N4O5P. The van der Waals surface area contributed by atoms with E-state index in [-0.39, 0.29) is 35.5 Å². The number of fused-ring (bicyclic) bond motifs is 2. The Bertz CT molecular complexity index is 1730. The molecule has 3 aromatic carbocycles. The first kappa shape index (κ1) is 28.1. The molecule has 5 aromatic rings. The van der Waals surface area contributed by atoms with E-state index in [9.17, 15) is 9.36 Å². The predicted octanol–water partition coefficient (Wildman–Crippen LogP) is 7.94. The zero-order chi connectivity index (χ0) is 28.3. The third-order valence-electron chi connectivity index (χ3n) is 5.88. The van der Waals surface area contributed by atoms with Gasteiger partial charge < -0.3 is 24.1 Å². The van der Waals surface area contributed by atoms with Crippen LogP contribution in [0.5, 0.6) is 5.75 Å². The van der Waals surface area contributed by atoms with Gasteiger partial charge >= 0.3 is 7.60 Å². The highest BCUT2D eigenvalue weighted by molar-refractivity contribution is 7.53. The van der Waals surface area contributed by atoms with Crippen LogP contribution >= 0.6 is 30.8 Å². The number of para-hydroxylation sites is 1. The van der Waals surface area contributed by atoms with Gasteiger partial charge in [0.05, 0.1) is 45.4 Å². The Morgan fingerprint density at radius 2 is 1.65 bits per heavy atom. The van der Waals surface area contributed by atoms with Crippen molar-refractivity contribution in [2.75, 3.05) is 24.9 Å². The molecule has 0 saturated heterocycles. The van der Waals surface area contributed by atoms with Gasteiger partial charge in [-0.05, 0) is 62.4 Å². The van der Waals surface area contributed by atoms with Crippen LogP contribution in [-0.4, -0.2) is 40.4 Å². The van der Waals surface area contributed by atoms with Crippen molar-refractivity contribution in [2.45, 2.75) is 13.8 Å². The molecular weight excluding hydrogens is 574 g/mol. The summed E-state index contributed by atoms with van der Waals surface area (Å²) in [6, 6.07) is 19.5. The first-order valence-electron chi connectivity index (χ1n) is 12.5. The van der Waals surface area contributed by atoms with Crippen molar-refractivity contribution in [3.8, 4) is 17.1 Å². The highest BCUT2D eigenvalue weighted by atomic mass is 35.5. The van der Waals surface area contributed by atoms with Crippen molar-refractivity contribution in [1.82, 2.24) is 15.0 Å². The number of carbonyl (C=O) groups is 1. The molecule has 0 saturated carbocycles. The quantitative estimate of drug-likeness (QED) is 0.157. The highest BCUT2D eigenvalue weighted by Gasteiger charge is 2.25. The topological polar surface area (TPSA) is 115 Å². The third-order valence-corrected chi connectivity index (χ3v) is 8.22.